The van der Waals surface area contributed by atoms with Crippen molar-refractivity contribution < 1.29 is 18.7 Å². The lowest BCUT2D eigenvalue weighted by Gasteiger charge is -2.26. The molecule has 156 valence electrons. The lowest BCUT2D eigenvalue weighted by atomic mass is 10.0. The molecule has 1 aliphatic heterocycles. The van der Waals surface area contributed by atoms with Crippen LogP contribution in [-0.4, -0.2) is 40.9 Å². The van der Waals surface area contributed by atoms with E-state index in [4.69, 9.17) is 11.5 Å². The van der Waals surface area contributed by atoms with Crippen LogP contribution in [0.1, 0.15) is 41.7 Å². The fourth-order valence-corrected chi connectivity index (χ4v) is 4.43. The third kappa shape index (κ3) is 2.95. The number of hydrogen-bond donors (Lipinski definition) is 3. The number of carbonyl (C=O) groups is 1. The van der Waals surface area contributed by atoms with E-state index in [9.17, 15) is 19.1 Å². The number of pyridine rings is 1. The number of anilines is 2. The summed E-state index contributed by atoms with van der Waals surface area (Å²) in [5.74, 6) is -2.01. The highest BCUT2D eigenvalue weighted by Gasteiger charge is 2.41. The smallest absolute Gasteiger partial charge is 0.341 e. The maximum atomic E-state index is 15.3. The predicted molar refractivity (Wildman–Crippen MR) is 107 cm³/mol. The molecule has 1 aromatic carbocycles. The molecule has 1 unspecified atom stereocenters. The molecule has 2 heterocycles. The van der Waals surface area contributed by atoms with Gasteiger partial charge in [-0.05, 0) is 31.7 Å². The average molecular weight is 406 g/mol. The molecule has 5 N–H and O–H groups in total. The largest absolute Gasteiger partial charge is 0.477 e. The summed E-state index contributed by atoms with van der Waals surface area (Å²) in [5, 5.41) is 9.19. The van der Waals surface area contributed by atoms with E-state index in [1.54, 1.807) is 6.92 Å². The first-order chi connectivity index (χ1) is 13.6. The van der Waals surface area contributed by atoms with Gasteiger partial charge in [-0.25, -0.2) is 13.6 Å². The normalized spacial score (nSPS) is 24.9. The summed E-state index contributed by atoms with van der Waals surface area (Å²) in [4.78, 5) is 26.2. The Hall–Kier alpha value is -2.68. The third-order valence-electron chi connectivity index (χ3n) is 6.21. The summed E-state index contributed by atoms with van der Waals surface area (Å²) in [6, 6.07) is -0.640. The number of alkyl halides is 1. The molecule has 1 aromatic heterocycles. The molecule has 9 heteroatoms. The minimum Gasteiger partial charge on any atom is -0.477 e. The zero-order valence-electron chi connectivity index (χ0n) is 16.3. The second kappa shape index (κ2) is 6.69. The Labute approximate surface area is 165 Å². The molecule has 0 amide bonds. The number of nitrogens with zero attached hydrogens (tertiary/aromatic N) is 2. The molecule has 0 radical (unpaired) electrons. The Morgan fingerprint density at radius 3 is 2.59 bits per heavy atom. The molecule has 1 saturated carbocycles. The van der Waals surface area contributed by atoms with E-state index in [-0.39, 0.29) is 29.5 Å². The van der Waals surface area contributed by atoms with Crippen LogP contribution in [0.15, 0.2) is 11.0 Å². The van der Waals surface area contributed by atoms with Gasteiger partial charge in [0.25, 0.3) is 0 Å². The zero-order valence-corrected chi connectivity index (χ0v) is 16.3. The number of rotatable bonds is 4. The number of aromatic nitrogens is 1. The molecule has 4 rings (SSSR count). The van der Waals surface area contributed by atoms with Gasteiger partial charge in [0.15, 0.2) is 5.82 Å². The average Bonchev–Trinajstić information content (AvgIpc) is 3.17. The Kier molecular flexibility index (Phi) is 4.53. The van der Waals surface area contributed by atoms with Crippen molar-refractivity contribution in [1.29, 1.82) is 0 Å². The van der Waals surface area contributed by atoms with Gasteiger partial charge in [-0.15, -0.1) is 0 Å². The minimum absolute atomic E-state index is 0.0452. The number of carboxylic acids is 1. The number of benzene rings is 1. The van der Waals surface area contributed by atoms with Crippen molar-refractivity contribution in [3.05, 3.63) is 33.4 Å². The van der Waals surface area contributed by atoms with Crippen LogP contribution in [0.3, 0.4) is 0 Å². The second-order valence-corrected chi connectivity index (χ2v) is 8.18. The molecule has 0 spiro atoms. The van der Waals surface area contributed by atoms with Crippen molar-refractivity contribution in [2.24, 2.45) is 11.7 Å². The van der Waals surface area contributed by atoms with Gasteiger partial charge in [-0.3, -0.25) is 4.79 Å². The topological polar surface area (TPSA) is 115 Å². The highest BCUT2D eigenvalue weighted by atomic mass is 19.1. The molecule has 7 nitrogen and oxygen atoms in total. The standard InChI is InChI=1S/C20H24F2N4O3/c1-8-17-14(19(27)11(20(28)29)7-26(17)13-5-12(13)21)16(24)15(22)18(8)25-4-3-10(6-25)9(2)23/h7,9-10,12-13H,3-6,23-24H2,1-2H3,(H,28,29)/t9?,10-,12-,13+/m0/s1. The van der Waals surface area contributed by atoms with E-state index in [0.29, 0.717) is 24.2 Å². The van der Waals surface area contributed by atoms with Gasteiger partial charge in [0.05, 0.1) is 28.3 Å². The van der Waals surface area contributed by atoms with Crippen molar-refractivity contribution in [2.45, 2.75) is 44.9 Å². The molecule has 0 bridgehead atoms. The molecule has 2 aromatic rings. The van der Waals surface area contributed by atoms with E-state index >= 15 is 4.39 Å². The van der Waals surface area contributed by atoms with Gasteiger partial charge in [-0.1, -0.05) is 0 Å². The van der Waals surface area contributed by atoms with E-state index in [2.05, 4.69) is 0 Å². The molecule has 4 atom stereocenters. The highest BCUT2D eigenvalue weighted by molar-refractivity contribution is 6.01. The summed E-state index contributed by atoms with van der Waals surface area (Å²) in [5.41, 5.74) is 11.2. The Morgan fingerprint density at radius 2 is 2.07 bits per heavy atom. The van der Waals surface area contributed by atoms with Gasteiger partial charge in [0.2, 0.25) is 5.43 Å². The number of halogens is 2. The Bertz CT molecular complexity index is 1080. The Balaban J connectivity index is 2.01. The van der Waals surface area contributed by atoms with Gasteiger partial charge >= 0.3 is 5.97 Å². The fourth-order valence-electron chi connectivity index (χ4n) is 4.43. The number of carboxylic acid groups (broad SMARTS) is 1. The number of nitrogen functional groups attached to an aromatic ring is 1. The van der Waals surface area contributed by atoms with Crippen LogP contribution in [0, 0.1) is 18.7 Å². The van der Waals surface area contributed by atoms with Crippen LogP contribution >= 0.6 is 0 Å². The van der Waals surface area contributed by atoms with Crippen LogP contribution in [0.4, 0.5) is 20.2 Å². The first-order valence-corrected chi connectivity index (χ1v) is 9.67. The quantitative estimate of drug-likeness (QED) is 0.671. The Morgan fingerprint density at radius 1 is 1.41 bits per heavy atom. The molecule has 2 aliphatic rings. The molecule has 2 fully saturated rings. The molecule has 1 aliphatic carbocycles. The van der Waals surface area contributed by atoms with Crippen LogP contribution in [0.2, 0.25) is 0 Å². The van der Waals surface area contributed by atoms with Crippen LogP contribution in [0.5, 0.6) is 0 Å². The van der Waals surface area contributed by atoms with Crippen LogP contribution in [0.25, 0.3) is 10.9 Å². The van der Waals surface area contributed by atoms with Crippen LogP contribution in [-0.2, 0) is 0 Å². The summed E-state index contributed by atoms with van der Waals surface area (Å²) in [7, 11) is 0. The number of aryl methyl sites for hydroxylation is 1. The predicted octanol–water partition coefficient (Wildman–Crippen LogP) is 2.19. The van der Waals surface area contributed by atoms with Crippen molar-refractivity contribution in [3.63, 3.8) is 0 Å². The minimum atomic E-state index is -1.46. The van der Waals surface area contributed by atoms with E-state index in [1.165, 1.54) is 4.57 Å². The van der Waals surface area contributed by atoms with Gasteiger partial charge < -0.3 is 26.0 Å². The third-order valence-corrected chi connectivity index (χ3v) is 6.21. The fraction of sp³-hybridized carbons (Fsp3) is 0.500. The monoisotopic (exact) mass is 406 g/mol. The summed E-state index contributed by atoms with van der Waals surface area (Å²) in [6.45, 7) is 4.70. The number of fused-ring (bicyclic) bond motifs is 1. The summed E-state index contributed by atoms with van der Waals surface area (Å²) < 4.78 is 30.7. The number of hydrogen-bond acceptors (Lipinski definition) is 5. The van der Waals surface area contributed by atoms with E-state index in [0.717, 1.165) is 12.6 Å². The van der Waals surface area contributed by atoms with Crippen molar-refractivity contribution in [2.75, 3.05) is 23.7 Å². The van der Waals surface area contributed by atoms with E-state index in [1.807, 2.05) is 11.8 Å². The maximum Gasteiger partial charge on any atom is 0.341 e. The van der Waals surface area contributed by atoms with Gasteiger partial charge in [-0.2, -0.15) is 0 Å². The lowest BCUT2D eigenvalue weighted by Crippen LogP contribution is -2.30. The van der Waals surface area contributed by atoms with Crippen LogP contribution < -0.4 is 21.8 Å². The highest BCUT2D eigenvalue weighted by Crippen LogP contribution is 2.44. The first-order valence-electron chi connectivity index (χ1n) is 9.67. The zero-order chi connectivity index (χ0) is 21.2. The summed E-state index contributed by atoms with van der Waals surface area (Å²) in [6.07, 6.45) is 1.01. The molecular formula is C20H24F2N4O3. The first kappa shape index (κ1) is 19.6. The second-order valence-electron chi connectivity index (χ2n) is 8.18. The molecule has 29 heavy (non-hydrogen) atoms. The van der Waals surface area contributed by atoms with Gasteiger partial charge in [0, 0.05) is 31.7 Å². The number of aromatic carboxylic acids is 1. The molecular weight excluding hydrogens is 382 g/mol. The molecule has 1 saturated heterocycles. The van der Waals surface area contributed by atoms with E-state index < -0.39 is 40.7 Å². The number of nitrogens with two attached hydrogens (primary N) is 2. The SMILES string of the molecule is Cc1c(N2CC[C@H](C(C)N)C2)c(F)c(N)c2c(=O)c(C(=O)O)cn([C@@H]3C[C@@H]3F)c12. The van der Waals surface area contributed by atoms with Crippen molar-refractivity contribution in [1.82, 2.24) is 4.57 Å². The van der Waals surface area contributed by atoms with Gasteiger partial charge in [0.1, 0.15) is 11.7 Å². The van der Waals surface area contributed by atoms with Crippen molar-refractivity contribution >= 4 is 28.2 Å². The summed E-state index contributed by atoms with van der Waals surface area (Å²) >= 11 is 0. The van der Waals surface area contributed by atoms with Crippen molar-refractivity contribution in [3.8, 4) is 0 Å². The maximum absolute atomic E-state index is 15.3. The lowest BCUT2D eigenvalue weighted by molar-refractivity contribution is 0.0694.